The van der Waals surface area contributed by atoms with Gasteiger partial charge in [0, 0.05) is 24.0 Å². The summed E-state index contributed by atoms with van der Waals surface area (Å²) in [5, 5.41) is 7.58. The van der Waals surface area contributed by atoms with Crippen molar-refractivity contribution < 1.29 is 4.79 Å². The second-order valence-corrected chi connectivity index (χ2v) is 5.83. The molecular formula is C18H17ClN4O. The van der Waals surface area contributed by atoms with Crippen LogP contribution in [0.5, 0.6) is 0 Å². The van der Waals surface area contributed by atoms with Gasteiger partial charge in [-0.05, 0) is 42.7 Å². The second-order valence-electron chi connectivity index (χ2n) is 5.40. The van der Waals surface area contributed by atoms with E-state index in [1.165, 1.54) is 0 Å². The van der Waals surface area contributed by atoms with E-state index in [1.807, 2.05) is 37.3 Å². The van der Waals surface area contributed by atoms with Gasteiger partial charge in [0.15, 0.2) is 0 Å². The molecule has 1 amide bonds. The van der Waals surface area contributed by atoms with Crippen LogP contribution in [-0.2, 0) is 13.0 Å². The number of aromatic nitrogens is 3. The number of pyridine rings is 1. The lowest BCUT2D eigenvalue weighted by Crippen LogP contribution is -2.12. The molecule has 2 heterocycles. The summed E-state index contributed by atoms with van der Waals surface area (Å²) in [4.78, 5) is 16.4. The van der Waals surface area contributed by atoms with Gasteiger partial charge in [-0.2, -0.15) is 5.10 Å². The number of carbonyl (C=O) groups excluding carboxylic acids is 1. The third kappa shape index (κ3) is 4.00. The van der Waals surface area contributed by atoms with Gasteiger partial charge in [-0.3, -0.25) is 9.48 Å². The predicted molar refractivity (Wildman–Crippen MR) is 94.3 cm³/mol. The van der Waals surface area contributed by atoms with Crippen molar-refractivity contribution in [3.8, 4) is 0 Å². The maximum absolute atomic E-state index is 12.1. The van der Waals surface area contributed by atoms with Crippen molar-refractivity contribution in [2.24, 2.45) is 0 Å². The third-order valence-corrected chi connectivity index (χ3v) is 3.82. The molecule has 1 aromatic carbocycles. The molecule has 0 aliphatic rings. The highest BCUT2D eigenvalue weighted by Gasteiger charge is 2.09. The van der Waals surface area contributed by atoms with Gasteiger partial charge in [-0.25, -0.2) is 4.98 Å². The van der Waals surface area contributed by atoms with E-state index >= 15 is 0 Å². The Balaban J connectivity index is 1.65. The van der Waals surface area contributed by atoms with Crippen molar-refractivity contribution in [2.75, 3.05) is 5.32 Å². The summed E-state index contributed by atoms with van der Waals surface area (Å²) in [6.07, 6.45) is 5.76. The maximum atomic E-state index is 12.1. The number of nitrogens with zero attached hydrogens (tertiary/aromatic N) is 3. The van der Waals surface area contributed by atoms with Crippen molar-refractivity contribution in [1.82, 2.24) is 14.8 Å². The minimum absolute atomic E-state index is 0.218. The standard InChI is InChI=1S/C18H17ClN4O/c1-2-23-12-15(11-21-23)18(24)22-17-7-6-14(10-20-17)8-13-4-3-5-16(19)9-13/h3-7,9-12H,2,8H2,1H3,(H,20,22,24). The smallest absolute Gasteiger partial charge is 0.260 e. The SMILES string of the molecule is CCn1cc(C(=O)Nc2ccc(Cc3cccc(Cl)c3)cn2)cn1. The van der Waals surface area contributed by atoms with Crippen molar-refractivity contribution in [3.05, 3.63) is 76.7 Å². The first-order valence-corrected chi connectivity index (χ1v) is 8.05. The zero-order valence-electron chi connectivity index (χ0n) is 13.2. The van der Waals surface area contributed by atoms with Crippen molar-refractivity contribution in [2.45, 2.75) is 19.9 Å². The molecule has 0 aliphatic heterocycles. The van der Waals surface area contributed by atoms with E-state index in [-0.39, 0.29) is 5.91 Å². The Morgan fingerprint density at radius 1 is 1.21 bits per heavy atom. The molecule has 3 aromatic rings. The fraction of sp³-hybridized carbons (Fsp3) is 0.167. The van der Waals surface area contributed by atoms with Crippen LogP contribution in [0.15, 0.2) is 55.0 Å². The van der Waals surface area contributed by atoms with E-state index in [1.54, 1.807) is 29.3 Å². The summed E-state index contributed by atoms with van der Waals surface area (Å²) in [6.45, 7) is 2.69. The summed E-state index contributed by atoms with van der Waals surface area (Å²) >= 11 is 5.99. The molecule has 6 heteroatoms. The van der Waals surface area contributed by atoms with Crippen LogP contribution >= 0.6 is 11.6 Å². The number of hydrogen-bond donors (Lipinski definition) is 1. The highest BCUT2D eigenvalue weighted by atomic mass is 35.5. The molecule has 0 atom stereocenters. The summed E-state index contributed by atoms with van der Waals surface area (Å²) < 4.78 is 1.70. The average molecular weight is 341 g/mol. The zero-order valence-corrected chi connectivity index (χ0v) is 14.0. The van der Waals surface area contributed by atoms with Gasteiger partial charge in [0.2, 0.25) is 0 Å². The summed E-state index contributed by atoms with van der Waals surface area (Å²) in [7, 11) is 0. The molecule has 0 spiro atoms. The van der Waals surface area contributed by atoms with Crippen LogP contribution in [0.25, 0.3) is 0 Å². The van der Waals surface area contributed by atoms with Crippen molar-refractivity contribution in [1.29, 1.82) is 0 Å². The quantitative estimate of drug-likeness (QED) is 0.768. The van der Waals surface area contributed by atoms with E-state index in [9.17, 15) is 4.79 Å². The first kappa shape index (κ1) is 16.2. The molecule has 1 N–H and O–H groups in total. The van der Waals surface area contributed by atoms with Crippen LogP contribution < -0.4 is 5.32 Å². The predicted octanol–water partition coefficient (Wildman–Crippen LogP) is 3.79. The van der Waals surface area contributed by atoms with Gasteiger partial charge >= 0.3 is 0 Å². The Labute approximate surface area is 145 Å². The van der Waals surface area contributed by atoms with Crippen molar-refractivity contribution >= 4 is 23.3 Å². The molecule has 0 aliphatic carbocycles. The normalized spacial score (nSPS) is 10.6. The summed E-state index contributed by atoms with van der Waals surface area (Å²) in [6, 6.07) is 11.5. The lowest BCUT2D eigenvalue weighted by molar-refractivity contribution is 0.102. The first-order chi connectivity index (χ1) is 11.6. The van der Waals surface area contributed by atoms with Crippen LogP contribution in [0.4, 0.5) is 5.82 Å². The molecule has 3 rings (SSSR count). The molecule has 0 bridgehead atoms. The van der Waals surface area contributed by atoms with Crippen LogP contribution in [0.1, 0.15) is 28.4 Å². The molecule has 0 saturated carbocycles. The van der Waals surface area contributed by atoms with E-state index in [0.29, 0.717) is 11.4 Å². The molecule has 0 radical (unpaired) electrons. The minimum atomic E-state index is -0.218. The third-order valence-electron chi connectivity index (χ3n) is 3.58. The number of hydrogen-bond acceptors (Lipinski definition) is 3. The van der Waals surface area contributed by atoms with Gasteiger partial charge in [-0.15, -0.1) is 0 Å². The number of benzene rings is 1. The molecule has 0 unspecified atom stereocenters. The summed E-state index contributed by atoms with van der Waals surface area (Å²) in [5.74, 6) is 0.295. The molecule has 122 valence electrons. The topological polar surface area (TPSA) is 59.8 Å². The molecule has 5 nitrogen and oxygen atoms in total. The van der Waals surface area contributed by atoms with Gasteiger partial charge in [-0.1, -0.05) is 29.8 Å². The van der Waals surface area contributed by atoms with Gasteiger partial charge < -0.3 is 5.32 Å². The van der Waals surface area contributed by atoms with Gasteiger partial charge in [0.1, 0.15) is 5.82 Å². The summed E-state index contributed by atoms with van der Waals surface area (Å²) in [5.41, 5.74) is 2.68. The highest BCUT2D eigenvalue weighted by molar-refractivity contribution is 6.30. The first-order valence-electron chi connectivity index (χ1n) is 7.67. The number of nitrogens with one attached hydrogen (secondary N) is 1. The second kappa shape index (κ2) is 7.27. The van der Waals surface area contributed by atoms with Crippen LogP contribution in [0.3, 0.4) is 0 Å². The van der Waals surface area contributed by atoms with Crippen LogP contribution in [0.2, 0.25) is 5.02 Å². The number of amides is 1. The molecule has 2 aromatic heterocycles. The Hall–Kier alpha value is -2.66. The van der Waals surface area contributed by atoms with E-state index in [2.05, 4.69) is 15.4 Å². The van der Waals surface area contributed by atoms with Crippen LogP contribution in [-0.4, -0.2) is 20.7 Å². The van der Waals surface area contributed by atoms with Gasteiger partial charge in [0.05, 0.1) is 11.8 Å². The maximum Gasteiger partial charge on any atom is 0.260 e. The molecule has 0 fully saturated rings. The molecule has 0 saturated heterocycles. The lowest BCUT2D eigenvalue weighted by Gasteiger charge is -2.05. The largest absolute Gasteiger partial charge is 0.306 e. The minimum Gasteiger partial charge on any atom is -0.306 e. The number of aryl methyl sites for hydroxylation is 1. The van der Waals surface area contributed by atoms with Gasteiger partial charge in [0.25, 0.3) is 5.91 Å². The number of rotatable bonds is 5. The Morgan fingerprint density at radius 2 is 2.08 bits per heavy atom. The van der Waals surface area contributed by atoms with E-state index in [0.717, 1.165) is 29.1 Å². The fourth-order valence-electron chi connectivity index (χ4n) is 2.33. The Morgan fingerprint density at radius 3 is 2.75 bits per heavy atom. The van der Waals surface area contributed by atoms with E-state index < -0.39 is 0 Å². The monoisotopic (exact) mass is 340 g/mol. The molecular weight excluding hydrogens is 324 g/mol. The highest BCUT2D eigenvalue weighted by Crippen LogP contribution is 2.15. The average Bonchev–Trinajstić information content (AvgIpc) is 3.06. The number of carbonyl (C=O) groups is 1. The zero-order chi connectivity index (χ0) is 16.9. The fourth-order valence-corrected chi connectivity index (χ4v) is 2.54. The number of halogens is 1. The molecule has 24 heavy (non-hydrogen) atoms. The Kier molecular flexibility index (Phi) is 4.91. The van der Waals surface area contributed by atoms with Crippen LogP contribution in [0, 0.1) is 0 Å². The Bertz CT molecular complexity index is 842. The lowest BCUT2D eigenvalue weighted by atomic mass is 10.1. The van der Waals surface area contributed by atoms with E-state index in [4.69, 9.17) is 11.6 Å². The van der Waals surface area contributed by atoms with Crippen molar-refractivity contribution in [3.63, 3.8) is 0 Å². The number of anilines is 1.